The van der Waals surface area contributed by atoms with E-state index >= 15 is 0 Å². The molecule has 4 nitrogen and oxygen atoms in total. The molecule has 0 amide bonds. The number of carbonyl (C=O) groups excluding carboxylic acids is 2. The Morgan fingerprint density at radius 2 is 1.44 bits per heavy atom. The lowest BCUT2D eigenvalue weighted by molar-refractivity contribution is 0.0555. The molecule has 92 valence electrons. The summed E-state index contributed by atoms with van der Waals surface area (Å²) < 4.78 is 9.36. The van der Waals surface area contributed by atoms with Crippen LogP contribution in [0.15, 0.2) is 36.4 Å². The number of ether oxygens (including phenoxy) is 2. The van der Waals surface area contributed by atoms with E-state index < -0.39 is 11.9 Å². The molecule has 0 spiro atoms. The average Bonchev–Trinajstić information content (AvgIpc) is 2.76. The maximum Gasteiger partial charge on any atom is 0.338 e. The molecule has 18 heavy (non-hydrogen) atoms. The highest BCUT2D eigenvalue weighted by Gasteiger charge is 2.18. The Labute approximate surface area is 104 Å². The van der Waals surface area contributed by atoms with Gasteiger partial charge in [-0.1, -0.05) is 24.3 Å². The van der Waals surface area contributed by atoms with Gasteiger partial charge in [-0.2, -0.15) is 0 Å². The van der Waals surface area contributed by atoms with Crippen LogP contribution in [0, 0.1) is 0 Å². The number of fused-ring (bicyclic) bond motifs is 1. The molecule has 0 bridgehead atoms. The summed E-state index contributed by atoms with van der Waals surface area (Å²) in [5.74, 6) is -1.12. The zero-order valence-electron chi connectivity index (χ0n) is 10.1. The highest BCUT2D eigenvalue weighted by Crippen LogP contribution is 2.25. The topological polar surface area (TPSA) is 52.6 Å². The summed E-state index contributed by atoms with van der Waals surface area (Å²) in [6.45, 7) is 0. The van der Waals surface area contributed by atoms with Crippen LogP contribution >= 0.6 is 0 Å². The molecule has 4 heteroatoms. The molecule has 0 fully saturated rings. The van der Waals surface area contributed by atoms with Crippen LogP contribution in [0.1, 0.15) is 20.7 Å². The quantitative estimate of drug-likeness (QED) is 0.761. The Hall–Kier alpha value is -2.36. The highest BCUT2D eigenvalue weighted by atomic mass is 16.5. The number of esters is 2. The van der Waals surface area contributed by atoms with Gasteiger partial charge < -0.3 is 9.47 Å². The third-order valence-corrected chi connectivity index (χ3v) is 2.72. The molecule has 0 aliphatic heterocycles. The molecule has 0 N–H and O–H groups in total. The first kappa shape index (κ1) is 12.1. The second kappa shape index (κ2) is 4.87. The second-order valence-electron chi connectivity index (χ2n) is 3.72. The smallest absolute Gasteiger partial charge is 0.338 e. The maximum absolute atomic E-state index is 11.7. The van der Waals surface area contributed by atoms with Crippen LogP contribution in [0.2, 0.25) is 0 Å². The number of hydrogen-bond donors (Lipinski definition) is 0. The van der Waals surface area contributed by atoms with Gasteiger partial charge in [-0.25, -0.2) is 9.59 Å². The Morgan fingerprint density at radius 3 is 2.11 bits per heavy atom. The average molecular weight is 244 g/mol. The lowest BCUT2D eigenvalue weighted by Crippen LogP contribution is -2.10. The standard InChI is InChI=1S/C14H12O4/c1-17-13(15)11-7-6-9-4-3-5-10(9)8-12(11)14(16)18-2/h3-8H,1-2H3. The number of hydrogen-bond acceptors (Lipinski definition) is 4. The molecule has 0 heterocycles. The molecule has 0 saturated carbocycles. The SMILES string of the molecule is COC(=O)c1ccc2cccc-2cc1C(=O)OC. The summed E-state index contributed by atoms with van der Waals surface area (Å²) in [6, 6.07) is 10.6. The molecule has 0 aromatic heterocycles. The normalized spacial score (nSPS) is 10.1. The van der Waals surface area contributed by atoms with Gasteiger partial charge in [0.2, 0.25) is 0 Å². The first-order chi connectivity index (χ1) is 8.67. The molecule has 0 radical (unpaired) electrons. The minimum absolute atomic E-state index is 0.195. The monoisotopic (exact) mass is 244 g/mol. The van der Waals surface area contributed by atoms with E-state index in [-0.39, 0.29) is 11.1 Å². The van der Waals surface area contributed by atoms with Crippen molar-refractivity contribution in [3.05, 3.63) is 47.5 Å². The zero-order chi connectivity index (χ0) is 13.1. The second-order valence-corrected chi connectivity index (χ2v) is 3.72. The first-order valence-corrected chi connectivity index (χ1v) is 5.37. The van der Waals surface area contributed by atoms with Gasteiger partial charge in [0.05, 0.1) is 25.3 Å². The van der Waals surface area contributed by atoms with Gasteiger partial charge in [0.1, 0.15) is 0 Å². The Bertz CT molecular complexity index is 574. The first-order valence-electron chi connectivity index (χ1n) is 5.37. The number of carbonyl (C=O) groups is 2. The lowest BCUT2D eigenvalue weighted by Gasteiger charge is -2.02. The minimum Gasteiger partial charge on any atom is -0.465 e. The highest BCUT2D eigenvalue weighted by molar-refractivity contribution is 6.03. The molecule has 2 aliphatic rings. The van der Waals surface area contributed by atoms with Crippen molar-refractivity contribution in [1.29, 1.82) is 0 Å². The van der Waals surface area contributed by atoms with E-state index in [1.54, 1.807) is 18.2 Å². The van der Waals surface area contributed by atoms with Crippen molar-refractivity contribution < 1.29 is 19.1 Å². The maximum atomic E-state index is 11.7. The van der Waals surface area contributed by atoms with Crippen molar-refractivity contribution in [1.82, 2.24) is 0 Å². The minimum atomic E-state index is -0.562. The number of methoxy groups -OCH3 is 2. The molecule has 0 atom stereocenters. The fourth-order valence-corrected chi connectivity index (χ4v) is 1.79. The fourth-order valence-electron chi connectivity index (χ4n) is 1.79. The molecule has 0 saturated heterocycles. The molecule has 2 rings (SSSR count). The van der Waals surface area contributed by atoms with Crippen molar-refractivity contribution in [2.24, 2.45) is 0 Å². The van der Waals surface area contributed by atoms with Crippen LogP contribution in [0.5, 0.6) is 0 Å². The molecule has 0 unspecified atom stereocenters. The third-order valence-electron chi connectivity index (χ3n) is 2.72. The molecular weight excluding hydrogens is 232 g/mol. The Kier molecular flexibility index (Phi) is 3.28. The van der Waals surface area contributed by atoms with Crippen molar-refractivity contribution in [2.45, 2.75) is 0 Å². The van der Waals surface area contributed by atoms with Crippen LogP contribution in [-0.4, -0.2) is 26.2 Å². The van der Waals surface area contributed by atoms with Gasteiger partial charge in [0, 0.05) is 0 Å². The summed E-state index contributed by atoms with van der Waals surface area (Å²) >= 11 is 0. The third kappa shape index (κ3) is 2.05. The summed E-state index contributed by atoms with van der Waals surface area (Å²) in [7, 11) is 2.55. The van der Waals surface area contributed by atoms with Crippen molar-refractivity contribution >= 4 is 11.9 Å². The van der Waals surface area contributed by atoms with Crippen LogP contribution in [0.25, 0.3) is 11.1 Å². The van der Waals surface area contributed by atoms with Crippen molar-refractivity contribution in [3.63, 3.8) is 0 Å². The van der Waals surface area contributed by atoms with E-state index in [9.17, 15) is 9.59 Å². The number of rotatable bonds is 2. The van der Waals surface area contributed by atoms with E-state index in [4.69, 9.17) is 4.74 Å². The summed E-state index contributed by atoms with van der Waals surface area (Å²) in [6.07, 6.45) is 0. The van der Waals surface area contributed by atoms with Gasteiger partial charge in [0.25, 0.3) is 0 Å². The molecular formula is C14H12O4. The van der Waals surface area contributed by atoms with E-state index in [0.29, 0.717) is 0 Å². The van der Waals surface area contributed by atoms with Crippen LogP contribution in [0.3, 0.4) is 0 Å². The fraction of sp³-hybridized carbons (Fsp3) is 0.143. The van der Waals surface area contributed by atoms with Crippen LogP contribution < -0.4 is 0 Å². The van der Waals surface area contributed by atoms with Crippen molar-refractivity contribution in [2.75, 3.05) is 14.2 Å². The Morgan fingerprint density at radius 1 is 0.833 bits per heavy atom. The predicted molar refractivity (Wildman–Crippen MR) is 65.7 cm³/mol. The van der Waals surface area contributed by atoms with E-state index in [0.717, 1.165) is 11.1 Å². The van der Waals surface area contributed by atoms with E-state index in [1.165, 1.54) is 14.2 Å². The summed E-state index contributed by atoms with van der Waals surface area (Å²) in [5, 5.41) is 0. The van der Waals surface area contributed by atoms with Gasteiger partial charge in [-0.15, -0.1) is 0 Å². The predicted octanol–water partition coefficient (Wildman–Crippen LogP) is 2.36. The zero-order valence-corrected chi connectivity index (χ0v) is 10.1. The lowest BCUT2D eigenvalue weighted by atomic mass is 10.1. The van der Waals surface area contributed by atoms with Crippen molar-refractivity contribution in [3.8, 4) is 11.1 Å². The molecule has 0 aromatic carbocycles. The molecule has 0 aromatic rings. The van der Waals surface area contributed by atoms with E-state index in [1.807, 2.05) is 18.2 Å². The van der Waals surface area contributed by atoms with Gasteiger partial charge in [0.15, 0.2) is 0 Å². The van der Waals surface area contributed by atoms with Crippen LogP contribution in [0.4, 0.5) is 0 Å². The van der Waals surface area contributed by atoms with Gasteiger partial charge in [-0.05, 0) is 23.3 Å². The summed E-state index contributed by atoms with van der Waals surface area (Å²) in [4.78, 5) is 23.4. The van der Waals surface area contributed by atoms with E-state index in [2.05, 4.69) is 4.74 Å². The van der Waals surface area contributed by atoms with Gasteiger partial charge >= 0.3 is 11.9 Å². The van der Waals surface area contributed by atoms with Gasteiger partial charge in [-0.3, -0.25) is 0 Å². The summed E-state index contributed by atoms with van der Waals surface area (Å²) in [5.41, 5.74) is 2.20. The molecule has 2 aliphatic carbocycles. The van der Waals surface area contributed by atoms with Crippen LogP contribution in [-0.2, 0) is 9.47 Å². The Balaban J connectivity index is 2.69. The largest absolute Gasteiger partial charge is 0.465 e.